The third-order valence-corrected chi connectivity index (χ3v) is 9.73. The SMILES string of the molecule is C[C@]1(/C(Cl)=N/O)[C@@](C(=O)O)(C(c2ccccc2)c2ccccc2)N2C(=O)C[C@H]2S1(=O)=O. The smallest absolute Gasteiger partial charge is 0.332 e. The molecular formula is C21H19ClN2O6S. The Balaban J connectivity index is 2.18. The molecule has 8 nitrogen and oxygen atoms in total. The van der Waals surface area contributed by atoms with Gasteiger partial charge in [0.25, 0.3) is 0 Å². The van der Waals surface area contributed by atoms with Gasteiger partial charge >= 0.3 is 5.97 Å². The molecule has 1 amide bonds. The van der Waals surface area contributed by atoms with Crippen molar-refractivity contribution < 1.29 is 28.3 Å². The van der Waals surface area contributed by atoms with Gasteiger partial charge in [-0.15, -0.1) is 0 Å². The second-order valence-corrected chi connectivity index (χ2v) is 10.5. The fraction of sp³-hybridized carbons (Fsp3) is 0.286. The first kappa shape index (κ1) is 21.3. The van der Waals surface area contributed by atoms with E-state index >= 15 is 0 Å². The lowest BCUT2D eigenvalue weighted by Crippen LogP contribution is -2.71. The maximum Gasteiger partial charge on any atom is 0.332 e. The van der Waals surface area contributed by atoms with Crippen molar-refractivity contribution in [3.05, 3.63) is 71.8 Å². The monoisotopic (exact) mass is 462 g/mol. The lowest BCUT2D eigenvalue weighted by molar-refractivity contribution is -0.168. The Labute approximate surface area is 183 Å². The number of aliphatic carboxylic acids is 1. The van der Waals surface area contributed by atoms with Crippen molar-refractivity contribution in [2.75, 3.05) is 0 Å². The molecule has 162 valence electrons. The van der Waals surface area contributed by atoms with Crippen LogP contribution in [0.4, 0.5) is 0 Å². The number of fused-ring (bicyclic) bond motifs is 1. The molecule has 0 aromatic heterocycles. The van der Waals surface area contributed by atoms with Gasteiger partial charge < -0.3 is 15.2 Å². The Morgan fingerprint density at radius 3 is 2.00 bits per heavy atom. The van der Waals surface area contributed by atoms with Crippen molar-refractivity contribution in [2.24, 2.45) is 5.16 Å². The number of benzene rings is 2. The van der Waals surface area contributed by atoms with Crippen LogP contribution in [-0.2, 0) is 19.4 Å². The molecule has 2 aromatic rings. The number of carbonyl (C=O) groups is 2. The van der Waals surface area contributed by atoms with Crippen LogP contribution in [0.15, 0.2) is 65.8 Å². The van der Waals surface area contributed by atoms with Gasteiger partial charge in [0.05, 0.1) is 6.42 Å². The molecule has 0 radical (unpaired) electrons. The van der Waals surface area contributed by atoms with E-state index in [0.29, 0.717) is 11.1 Å². The molecule has 2 heterocycles. The van der Waals surface area contributed by atoms with Gasteiger partial charge in [-0.1, -0.05) is 77.4 Å². The predicted molar refractivity (Wildman–Crippen MR) is 113 cm³/mol. The summed E-state index contributed by atoms with van der Waals surface area (Å²) in [6.45, 7) is 1.11. The van der Waals surface area contributed by atoms with E-state index in [1.807, 2.05) is 0 Å². The fourth-order valence-electron chi connectivity index (χ4n) is 4.96. The molecule has 2 aliphatic heterocycles. The van der Waals surface area contributed by atoms with E-state index < -0.39 is 48.5 Å². The number of sulfone groups is 1. The van der Waals surface area contributed by atoms with Crippen LogP contribution >= 0.6 is 11.6 Å². The second kappa shape index (κ2) is 7.06. The minimum absolute atomic E-state index is 0.362. The quantitative estimate of drug-likeness (QED) is 0.304. The molecule has 2 aromatic carbocycles. The lowest BCUT2D eigenvalue weighted by atomic mass is 9.66. The molecule has 0 aliphatic carbocycles. The number of β-lactam (4-membered cyclic amide) rings is 1. The fourth-order valence-corrected chi connectivity index (χ4v) is 7.91. The third-order valence-electron chi connectivity index (χ3n) is 6.43. The number of hydrogen-bond acceptors (Lipinski definition) is 6. The Hall–Kier alpha value is -2.91. The van der Waals surface area contributed by atoms with Crippen LogP contribution in [0, 0.1) is 0 Å². The van der Waals surface area contributed by atoms with E-state index in [1.165, 1.54) is 0 Å². The largest absolute Gasteiger partial charge is 0.479 e. The standard InChI is InChI=1S/C21H19ClN2O6S/c1-20(18(22)23-28)21(19(26)27,24-15(25)12-16(24)31(20,29)30)17(13-8-4-2-5-9-13)14-10-6-3-7-11-14/h2-11,16-17,28H,12H2,1H3,(H,26,27)/b23-18-/t16-,20+,21+/m1/s1. The Bertz CT molecular complexity index is 1150. The summed E-state index contributed by atoms with van der Waals surface area (Å²) < 4.78 is 24.7. The maximum atomic E-state index is 13.6. The highest BCUT2D eigenvalue weighted by Gasteiger charge is 2.82. The van der Waals surface area contributed by atoms with Crippen molar-refractivity contribution in [3.8, 4) is 0 Å². The zero-order valence-electron chi connectivity index (χ0n) is 16.3. The van der Waals surface area contributed by atoms with Crippen LogP contribution in [0.5, 0.6) is 0 Å². The van der Waals surface area contributed by atoms with Crippen LogP contribution < -0.4 is 0 Å². The van der Waals surface area contributed by atoms with Gasteiger partial charge in [0, 0.05) is 5.92 Å². The number of hydrogen-bond donors (Lipinski definition) is 2. The summed E-state index contributed by atoms with van der Waals surface area (Å²) in [6, 6.07) is 16.9. The zero-order chi connectivity index (χ0) is 22.6. The minimum atomic E-state index is -4.38. The normalized spacial score (nSPS) is 29.5. The molecule has 0 saturated carbocycles. The number of nitrogens with zero attached hydrogens (tertiary/aromatic N) is 2. The third kappa shape index (κ3) is 2.47. The van der Waals surface area contributed by atoms with Gasteiger partial charge in [-0.2, -0.15) is 0 Å². The van der Waals surface area contributed by atoms with Gasteiger partial charge in [0.15, 0.2) is 25.3 Å². The van der Waals surface area contributed by atoms with Crippen LogP contribution in [-0.4, -0.2) is 56.3 Å². The van der Waals surface area contributed by atoms with Crippen molar-refractivity contribution in [3.63, 3.8) is 0 Å². The molecule has 31 heavy (non-hydrogen) atoms. The average molecular weight is 463 g/mol. The van der Waals surface area contributed by atoms with E-state index in [0.717, 1.165) is 11.8 Å². The molecule has 0 spiro atoms. The molecule has 0 unspecified atom stereocenters. The number of oxime groups is 1. The first-order valence-corrected chi connectivity index (χ1v) is 11.3. The second-order valence-electron chi connectivity index (χ2n) is 7.72. The molecular weight excluding hydrogens is 444 g/mol. The maximum absolute atomic E-state index is 13.6. The lowest BCUT2D eigenvalue weighted by Gasteiger charge is -2.50. The predicted octanol–water partition coefficient (Wildman–Crippen LogP) is 2.41. The van der Waals surface area contributed by atoms with Crippen molar-refractivity contribution >= 4 is 38.5 Å². The molecule has 2 N–H and O–H groups in total. The molecule has 3 atom stereocenters. The van der Waals surface area contributed by atoms with Crippen molar-refractivity contribution in [1.29, 1.82) is 0 Å². The van der Waals surface area contributed by atoms with Crippen molar-refractivity contribution in [2.45, 2.75) is 34.9 Å². The highest BCUT2D eigenvalue weighted by Crippen LogP contribution is 2.60. The number of carboxylic acids is 1. The van der Waals surface area contributed by atoms with Gasteiger partial charge in [0.1, 0.15) is 5.37 Å². The van der Waals surface area contributed by atoms with Crippen LogP contribution in [0.25, 0.3) is 0 Å². The Kier molecular flexibility index (Phi) is 4.86. The summed E-state index contributed by atoms with van der Waals surface area (Å²) >= 11 is 6.17. The summed E-state index contributed by atoms with van der Waals surface area (Å²) in [7, 11) is -4.38. The number of carboxylic acid groups (broad SMARTS) is 1. The Morgan fingerprint density at radius 2 is 1.61 bits per heavy atom. The van der Waals surface area contributed by atoms with Gasteiger partial charge in [-0.3, -0.25) is 4.79 Å². The van der Waals surface area contributed by atoms with E-state index in [9.17, 15) is 28.3 Å². The number of rotatable bonds is 5. The number of halogens is 1. The summed E-state index contributed by atoms with van der Waals surface area (Å²) in [6.07, 6.45) is -0.362. The van der Waals surface area contributed by atoms with Crippen LogP contribution in [0.3, 0.4) is 0 Å². The highest BCUT2D eigenvalue weighted by molar-refractivity contribution is 7.95. The average Bonchev–Trinajstić information content (AvgIpc) is 2.88. The van der Waals surface area contributed by atoms with Gasteiger partial charge in [0.2, 0.25) is 5.91 Å². The van der Waals surface area contributed by atoms with Crippen LogP contribution in [0.1, 0.15) is 30.4 Å². The zero-order valence-corrected chi connectivity index (χ0v) is 17.9. The van der Waals surface area contributed by atoms with Gasteiger partial charge in [-0.25, -0.2) is 13.2 Å². The number of amides is 1. The van der Waals surface area contributed by atoms with Gasteiger partial charge in [-0.05, 0) is 18.1 Å². The molecule has 2 aliphatic rings. The molecule has 10 heteroatoms. The van der Waals surface area contributed by atoms with E-state index in [4.69, 9.17) is 11.6 Å². The van der Waals surface area contributed by atoms with E-state index in [1.54, 1.807) is 60.7 Å². The summed E-state index contributed by atoms with van der Waals surface area (Å²) in [5.74, 6) is -3.32. The van der Waals surface area contributed by atoms with Crippen LogP contribution in [0.2, 0.25) is 0 Å². The Morgan fingerprint density at radius 1 is 1.13 bits per heavy atom. The summed E-state index contributed by atoms with van der Waals surface area (Å²) in [5, 5.41) is 20.9. The summed E-state index contributed by atoms with van der Waals surface area (Å²) in [5.41, 5.74) is -1.45. The topological polar surface area (TPSA) is 124 Å². The minimum Gasteiger partial charge on any atom is -0.479 e. The van der Waals surface area contributed by atoms with Crippen molar-refractivity contribution in [1.82, 2.24) is 4.90 Å². The molecule has 0 bridgehead atoms. The molecule has 2 saturated heterocycles. The highest BCUT2D eigenvalue weighted by atomic mass is 35.5. The number of carbonyl (C=O) groups excluding carboxylic acids is 1. The summed E-state index contributed by atoms with van der Waals surface area (Å²) in [4.78, 5) is 26.7. The molecule has 4 rings (SSSR count). The van der Waals surface area contributed by atoms with E-state index in [-0.39, 0.29) is 6.42 Å². The van der Waals surface area contributed by atoms with E-state index in [2.05, 4.69) is 5.16 Å². The first-order chi connectivity index (χ1) is 14.7. The molecule has 2 fully saturated rings. The first-order valence-electron chi connectivity index (χ1n) is 9.42.